The molecular formula is C14H23BrN2S. The van der Waals surface area contributed by atoms with Crippen molar-refractivity contribution in [2.24, 2.45) is 5.73 Å². The molecule has 0 spiro atoms. The van der Waals surface area contributed by atoms with Crippen LogP contribution in [-0.2, 0) is 6.42 Å². The molecule has 0 saturated carbocycles. The Morgan fingerprint density at radius 3 is 2.78 bits per heavy atom. The second kappa shape index (κ2) is 8.08. The molecule has 0 heterocycles. The van der Waals surface area contributed by atoms with Crippen LogP contribution >= 0.6 is 27.7 Å². The standard InChI is InChI=1S/C14H23BrN2S/c1-4-13(16)10-11-9-12(15)5-6-14(11)17(2)7-8-18-3/h5-6,9,13H,4,7-8,10,16H2,1-3H3. The summed E-state index contributed by atoms with van der Waals surface area (Å²) in [5, 5.41) is 0. The second-order valence-electron chi connectivity index (χ2n) is 4.56. The maximum atomic E-state index is 6.09. The van der Waals surface area contributed by atoms with Gasteiger partial charge in [0.1, 0.15) is 0 Å². The molecule has 0 aliphatic heterocycles. The van der Waals surface area contributed by atoms with Crippen molar-refractivity contribution in [1.82, 2.24) is 0 Å². The quantitative estimate of drug-likeness (QED) is 0.829. The molecule has 0 aromatic heterocycles. The maximum absolute atomic E-state index is 6.09. The van der Waals surface area contributed by atoms with Gasteiger partial charge in [-0.1, -0.05) is 22.9 Å². The zero-order chi connectivity index (χ0) is 13.5. The van der Waals surface area contributed by atoms with E-state index in [-0.39, 0.29) is 6.04 Å². The van der Waals surface area contributed by atoms with Crippen LogP contribution in [0.15, 0.2) is 22.7 Å². The van der Waals surface area contributed by atoms with E-state index < -0.39 is 0 Å². The van der Waals surface area contributed by atoms with E-state index in [0.29, 0.717) is 0 Å². The van der Waals surface area contributed by atoms with E-state index in [1.54, 1.807) is 0 Å². The molecule has 18 heavy (non-hydrogen) atoms. The van der Waals surface area contributed by atoms with E-state index in [1.165, 1.54) is 11.3 Å². The largest absolute Gasteiger partial charge is 0.374 e. The van der Waals surface area contributed by atoms with Crippen LogP contribution < -0.4 is 10.6 Å². The van der Waals surface area contributed by atoms with Gasteiger partial charge in [-0.3, -0.25) is 0 Å². The number of benzene rings is 1. The molecule has 4 heteroatoms. The molecule has 0 aliphatic rings. The molecule has 102 valence electrons. The zero-order valence-electron chi connectivity index (χ0n) is 11.4. The molecule has 0 amide bonds. The third-order valence-corrected chi connectivity index (χ3v) is 4.17. The highest BCUT2D eigenvalue weighted by Crippen LogP contribution is 2.25. The van der Waals surface area contributed by atoms with Crippen LogP contribution in [0.3, 0.4) is 0 Å². The SMILES string of the molecule is CCC(N)Cc1cc(Br)ccc1N(C)CCSC. The number of hydrogen-bond acceptors (Lipinski definition) is 3. The predicted molar refractivity (Wildman–Crippen MR) is 87.8 cm³/mol. The number of rotatable bonds is 7. The van der Waals surface area contributed by atoms with Crippen molar-refractivity contribution < 1.29 is 0 Å². The van der Waals surface area contributed by atoms with Gasteiger partial charge in [0, 0.05) is 35.5 Å². The normalized spacial score (nSPS) is 12.5. The van der Waals surface area contributed by atoms with Gasteiger partial charge in [0.05, 0.1) is 0 Å². The van der Waals surface area contributed by atoms with Crippen molar-refractivity contribution in [2.45, 2.75) is 25.8 Å². The highest BCUT2D eigenvalue weighted by atomic mass is 79.9. The van der Waals surface area contributed by atoms with Crippen LogP contribution in [0.4, 0.5) is 5.69 Å². The van der Waals surface area contributed by atoms with Crippen molar-refractivity contribution in [3.8, 4) is 0 Å². The predicted octanol–water partition coefficient (Wildman–Crippen LogP) is 3.53. The van der Waals surface area contributed by atoms with Crippen molar-refractivity contribution >= 4 is 33.4 Å². The summed E-state index contributed by atoms with van der Waals surface area (Å²) in [6.45, 7) is 3.21. The Morgan fingerprint density at radius 2 is 2.17 bits per heavy atom. The van der Waals surface area contributed by atoms with Gasteiger partial charge in [-0.15, -0.1) is 0 Å². The van der Waals surface area contributed by atoms with Gasteiger partial charge in [-0.25, -0.2) is 0 Å². The van der Waals surface area contributed by atoms with E-state index in [9.17, 15) is 0 Å². The number of nitrogens with zero attached hydrogens (tertiary/aromatic N) is 1. The molecule has 1 unspecified atom stereocenters. The highest BCUT2D eigenvalue weighted by Gasteiger charge is 2.10. The Morgan fingerprint density at radius 1 is 1.44 bits per heavy atom. The first kappa shape index (κ1) is 15.9. The fraction of sp³-hybridized carbons (Fsp3) is 0.571. The molecule has 1 aromatic rings. The molecule has 0 bridgehead atoms. The van der Waals surface area contributed by atoms with Crippen molar-refractivity contribution in [1.29, 1.82) is 0 Å². The Kier molecular flexibility index (Phi) is 7.12. The Hall–Kier alpha value is -0.190. The van der Waals surface area contributed by atoms with Crippen LogP contribution in [0, 0.1) is 0 Å². The lowest BCUT2D eigenvalue weighted by molar-refractivity contribution is 0.645. The van der Waals surface area contributed by atoms with E-state index in [2.05, 4.69) is 59.3 Å². The molecule has 0 aliphatic carbocycles. The van der Waals surface area contributed by atoms with E-state index in [1.807, 2.05) is 11.8 Å². The second-order valence-corrected chi connectivity index (χ2v) is 6.46. The zero-order valence-corrected chi connectivity index (χ0v) is 13.9. The van der Waals surface area contributed by atoms with E-state index in [0.717, 1.165) is 29.6 Å². The topological polar surface area (TPSA) is 29.3 Å². The third-order valence-electron chi connectivity index (χ3n) is 3.09. The number of nitrogens with two attached hydrogens (primary N) is 1. The van der Waals surface area contributed by atoms with Gasteiger partial charge in [0.25, 0.3) is 0 Å². The van der Waals surface area contributed by atoms with Gasteiger partial charge in [-0.2, -0.15) is 11.8 Å². The lowest BCUT2D eigenvalue weighted by Crippen LogP contribution is -2.25. The molecule has 1 rings (SSSR count). The van der Waals surface area contributed by atoms with Crippen LogP contribution in [0.1, 0.15) is 18.9 Å². The lowest BCUT2D eigenvalue weighted by atomic mass is 10.0. The first-order valence-corrected chi connectivity index (χ1v) is 8.51. The average Bonchev–Trinajstić information content (AvgIpc) is 2.36. The minimum atomic E-state index is 0.243. The summed E-state index contributed by atoms with van der Waals surface area (Å²) in [5.74, 6) is 1.14. The Bertz CT molecular complexity index is 371. The first-order valence-electron chi connectivity index (χ1n) is 6.32. The van der Waals surface area contributed by atoms with Crippen LogP contribution in [0.5, 0.6) is 0 Å². The molecular weight excluding hydrogens is 308 g/mol. The molecule has 2 nitrogen and oxygen atoms in total. The summed E-state index contributed by atoms with van der Waals surface area (Å²) in [7, 11) is 2.15. The van der Waals surface area contributed by atoms with Crippen LogP contribution in [0.2, 0.25) is 0 Å². The van der Waals surface area contributed by atoms with Crippen LogP contribution in [-0.4, -0.2) is 31.6 Å². The minimum Gasteiger partial charge on any atom is -0.374 e. The van der Waals surface area contributed by atoms with Crippen molar-refractivity contribution in [2.75, 3.05) is 30.5 Å². The summed E-state index contributed by atoms with van der Waals surface area (Å²) < 4.78 is 1.13. The summed E-state index contributed by atoms with van der Waals surface area (Å²) in [5.41, 5.74) is 8.72. The first-order chi connectivity index (χ1) is 8.58. The van der Waals surface area contributed by atoms with E-state index in [4.69, 9.17) is 5.73 Å². The van der Waals surface area contributed by atoms with Crippen molar-refractivity contribution in [3.63, 3.8) is 0 Å². The molecule has 2 N–H and O–H groups in total. The summed E-state index contributed by atoms with van der Waals surface area (Å²) in [6.07, 6.45) is 4.10. The smallest absolute Gasteiger partial charge is 0.0397 e. The average molecular weight is 331 g/mol. The summed E-state index contributed by atoms with van der Waals surface area (Å²) in [4.78, 5) is 2.32. The molecule has 0 radical (unpaired) electrons. The fourth-order valence-corrected chi connectivity index (χ4v) is 2.73. The molecule has 0 saturated heterocycles. The minimum absolute atomic E-state index is 0.243. The number of anilines is 1. The Labute approximate surface area is 123 Å². The Balaban J connectivity index is 2.88. The highest BCUT2D eigenvalue weighted by molar-refractivity contribution is 9.10. The van der Waals surface area contributed by atoms with Gasteiger partial charge in [0.15, 0.2) is 0 Å². The van der Waals surface area contributed by atoms with Crippen molar-refractivity contribution in [3.05, 3.63) is 28.2 Å². The van der Waals surface area contributed by atoms with Crippen LogP contribution in [0.25, 0.3) is 0 Å². The molecule has 0 fully saturated rings. The van der Waals surface area contributed by atoms with Gasteiger partial charge in [-0.05, 0) is 42.9 Å². The number of hydrogen-bond donors (Lipinski definition) is 1. The van der Waals surface area contributed by atoms with Gasteiger partial charge < -0.3 is 10.6 Å². The van der Waals surface area contributed by atoms with Gasteiger partial charge >= 0.3 is 0 Å². The lowest BCUT2D eigenvalue weighted by Gasteiger charge is -2.23. The van der Waals surface area contributed by atoms with Gasteiger partial charge in [0.2, 0.25) is 0 Å². The number of thioether (sulfide) groups is 1. The number of halogens is 1. The molecule has 1 atom stereocenters. The summed E-state index contributed by atoms with van der Waals surface area (Å²) >= 11 is 5.42. The maximum Gasteiger partial charge on any atom is 0.0397 e. The monoisotopic (exact) mass is 330 g/mol. The fourth-order valence-electron chi connectivity index (χ4n) is 1.87. The molecule has 1 aromatic carbocycles. The van der Waals surface area contributed by atoms with E-state index >= 15 is 0 Å². The summed E-state index contributed by atoms with van der Waals surface area (Å²) in [6, 6.07) is 6.72. The third kappa shape index (κ3) is 4.82.